The van der Waals surface area contributed by atoms with Crippen molar-refractivity contribution >= 4 is 11.8 Å². The number of rotatable bonds is 8. The quantitative estimate of drug-likeness (QED) is 0.732. The molecule has 1 unspecified atom stereocenters. The van der Waals surface area contributed by atoms with Gasteiger partial charge >= 0.3 is 0 Å². The van der Waals surface area contributed by atoms with E-state index in [-0.39, 0.29) is 0 Å². The number of methoxy groups -OCH3 is 1. The van der Waals surface area contributed by atoms with Crippen LogP contribution in [-0.2, 0) is 6.54 Å². The molecule has 2 fully saturated rings. The van der Waals surface area contributed by atoms with Crippen LogP contribution in [0.1, 0.15) is 31.2 Å². The smallest absolute Gasteiger partial charge is 0.161 e. The second-order valence-electron chi connectivity index (χ2n) is 7.55. The first kappa shape index (κ1) is 20.8. The summed E-state index contributed by atoms with van der Waals surface area (Å²) in [5, 5.41) is 10.3. The SMILES string of the molecule is COc1cc(CN2CCCCCC2)ccc1OCC(O)CN1CCSCC1. The van der Waals surface area contributed by atoms with E-state index in [4.69, 9.17) is 9.47 Å². The van der Waals surface area contributed by atoms with Crippen LogP contribution in [0.25, 0.3) is 0 Å². The van der Waals surface area contributed by atoms with Crippen LogP contribution in [0.5, 0.6) is 11.5 Å². The molecule has 2 aliphatic rings. The number of ether oxygens (including phenoxy) is 2. The zero-order chi connectivity index (χ0) is 18.9. The van der Waals surface area contributed by atoms with Crippen LogP contribution in [0, 0.1) is 0 Å². The fourth-order valence-electron chi connectivity index (χ4n) is 3.80. The molecule has 152 valence electrons. The molecule has 1 aromatic rings. The Morgan fingerprint density at radius 2 is 1.74 bits per heavy atom. The minimum atomic E-state index is -0.477. The fraction of sp³-hybridized carbons (Fsp3) is 0.714. The van der Waals surface area contributed by atoms with Gasteiger partial charge in [0.05, 0.1) is 7.11 Å². The molecule has 0 saturated carbocycles. The van der Waals surface area contributed by atoms with Gasteiger partial charge in [0.25, 0.3) is 0 Å². The number of thioether (sulfide) groups is 1. The van der Waals surface area contributed by atoms with Gasteiger partial charge in [0.2, 0.25) is 0 Å². The first-order valence-corrected chi connectivity index (χ1v) is 11.4. The molecule has 2 saturated heterocycles. The van der Waals surface area contributed by atoms with Crippen molar-refractivity contribution in [2.24, 2.45) is 0 Å². The van der Waals surface area contributed by atoms with Crippen molar-refractivity contribution in [3.8, 4) is 11.5 Å². The lowest BCUT2D eigenvalue weighted by molar-refractivity contribution is 0.0704. The van der Waals surface area contributed by atoms with Gasteiger partial charge in [-0.25, -0.2) is 0 Å². The monoisotopic (exact) mass is 394 g/mol. The second kappa shape index (κ2) is 11.1. The van der Waals surface area contributed by atoms with Gasteiger partial charge in [0.15, 0.2) is 11.5 Å². The Hall–Kier alpha value is -0.950. The van der Waals surface area contributed by atoms with E-state index in [9.17, 15) is 5.11 Å². The molecule has 3 rings (SSSR count). The lowest BCUT2D eigenvalue weighted by atomic mass is 10.2. The molecule has 5 nitrogen and oxygen atoms in total. The van der Waals surface area contributed by atoms with Gasteiger partial charge in [-0.15, -0.1) is 0 Å². The number of β-amino-alcohol motifs (C(OH)–C–C–N with tert-alkyl or cyclic N) is 1. The third-order valence-electron chi connectivity index (χ3n) is 5.34. The second-order valence-corrected chi connectivity index (χ2v) is 8.78. The summed E-state index contributed by atoms with van der Waals surface area (Å²) in [4.78, 5) is 4.84. The molecule has 0 radical (unpaired) electrons. The normalized spacial score (nSPS) is 20.8. The van der Waals surface area contributed by atoms with Crippen molar-refractivity contribution < 1.29 is 14.6 Å². The van der Waals surface area contributed by atoms with Crippen molar-refractivity contribution in [2.45, 2.75) is 38.3 Å². The van der Waals surface area contributed by atoms with E-state index in [1.54, 1.807) is 7.11 Å². The summed E-state index contributed by atoms with van der Waals surface area (Å²) >= 11 is 1.98. The minimum Gasteiger partial charge on any atom is -0.493 e. The number of likely N-dealkylation sites (tertiary alicyclic amines) is 1. The minimum absolute atomic E-state index is 0.297. The lowest BCUT2D eigenvalue weighted by Crippen LogP contribution is -2.40. The van der Waals surface area contributed by atoms with Gasteiger partial charge in [-0.2, -0.15) is 11.8 Å². The molecule has 0 aliphatic carbocycles. The summed E-state index contributed by atoms with van der Waals surface area (Å²) < 4.78 is 11.4. The van der Waals surface area contributed by atoms with Crippen LogP contribution in [0.3, 0.4) is 0 Å². The van der Waals surface area contributed by atoms with Crippen molar-refractivity contribution in [1.82, 2.24) is 9.80 Å². The highest BCUT2D eigenvalue weighted by Gasteiger charge is 2.17. The Bertz CT molecular complexity index is 558. The first-order chi connectivity index (χ1) is 13.2. The molecule has 27 heavy (non-hydrogen) atoms. The van der Waals surface area contributed by atoms with E-state index in [1.165, 1.54) is 44.3 Å². The number of benzene rings is 1. The van der Waals surface area contributed by atoms with Gasteiger partial charge in [-0.3, -0.25) is 9.80 Å². The fourth-order valence-corrected chi connectivity index (χ4v) is 4.78. The number of aliphatic hydroxyl groups excluding tert-OH is 1. The molecular formula is C21H34N2O3S. The molecular weight excluding hydrogens is 360 g/mol. The Morgan fingerprint density at radius 1 is 1.00 bits per heavy atom. The van der Waals surface area contributed by atoms with Crippen LogP contribution >= 0.6 is 11.8 Å². The van der Waals surface area contributed by atoms with Gasteiger partial charge in [-0.1, -0.05) is 18.9 Å². The van der Waals surface area contributed by atoms with Crippen LogP contribution in [-0.4, -0.2) is 79.0 Å². The van der Waals surface area contributed by atoms with Crippen molar-refractivity contribution in [3.05, 3.63) is 23.8 Å². The predicted molar refractivity (Wildman–Crippen MR) is 112 cm³/mol. The molecule has 0 aromatic heterocycles. The highest BCUT2D eigenvalue weighted by Crippen LogP contribution is 2.29. The highest BCUT2D eigenvalue weighted by molar-refractivity contribution is 7.99. The zero-order valence-corrected chi connectivity index (χ0v) is 17.4. The largest absolute Gasteiger partial charge is 0.493 e. The van der Waals surface area contributed by atoms with E-state index in [1.807, 2.05) is 17.8 Å². The van der Waals surface area contributed by atoms with Crippen molar-refractivity contribution in [3.63, 3.8) is 0 Å². The maximum absolute atomic E-state index is 10.3. The van der Waals surface area contributed by atoms with Crippen LogP contribution in [0.4, 0.5) is 0 Å². The Morgan fingerprint density at radius 3 is 2.44 bits per heavy atom. The third kappa shape index (κ3) is 6.86. The average Bonchev–Trinajstić information content (AvgIpc) is 2.96. The maximum atomic E-state index is 10.3. The van der Waals surface area contributed by atoms with E-state index in [2.05, 4.69) is 21.9 Å². The molecule has 1 N–H and O–H groups in total. The number of nitrogens with zero attached hydrogens (tertiary/aromatic N) is 2. The summed E-state index contributed by atoms with van der Waals surface area (Å²) in [5.41, 5.74) is 1.26. The van der Waals surface area contributed by atoms with Crippen molar-refractivity contribution in [2.75, 3.05) is 57.9 Å². The average molecular weight is 395 g/mol. The number of hydrogen-bond acceptors (Lipinski definition) is 6. The standard InChI is InChI=1S/C21H34N2O3S/c1-25-21-14-18(15-22-8-4-2-3-5-9-22)6-7-20(21)26-17-19(24)16-23-10-12-27-13-11-23/h6-7,14,19,24H,2-5,8-13,15-17H2,1H3. The third-order valence-corrected chi connectivity index (χ3v) is 6.28. The van der Waals surface area contributed by atoms with Gasteiger partial charge in [0.1, 0.15) is 12.7 Å². The molecule has 6 heteroatoms. The van der Waals surface area contributed by atoms with E-state index < -0.39 is 6.10 Å². The molecule has 2 heterocycles. The Balaban J connectivity index is 1.50. The van der Waals surface area contributed by atoms with Gasteiger partial charge < -0.3 is 14.6 Å². The Labute approximate surface area is 168 Å². The number of aliphatic hydroxyl groups is 1. The zero-order valence-electron chi connectivity index (χ0n) is 16.6. The summed E-state index contributed by atoms with van der Waals surface area (Å²) in [6, 6.07) is 6.18. The van der Waals surface area contributed by atoms with Crippen molar-refractivity contribution in [1.29, 1.82) is 0 Å². The topological polar surface area (TPSA) is 45.2 Å². The van der Waals surface area contributed by atoms with E-state index >= 15 is 0 Å². The van der Waals surface area contributed by atoms with Gasteiger partial charge in [0, 0.05) is 37.7 Å². The molecule has 0 bridgehead atoms. The lowest BCUT2D eigenvalue weighted by Gasteiger charge is -2.28. The van der Waals surface area contributed by atoms with Crippen LogP contribution < -0.4 is 9.47 Å². The molecule has 2 aliphatic heterocycles. The van der Waals surface area contributed by atoms with Gasteiger partial charge in [-0.05, 0) is 43.6 Å². The maximum Gasteiger partial charge on any atom is 0.161 e. The predicted octanol–water partition coefficient (Wildman–Crippen LogP) is 2.86. The van der Waals surface area contributed by atoms with Crippen LogP contribution in [0.15, 0.2) is 18.2 Å². The summed E-state index contributed by atoms with van der Waals surface area (Å²) in [5.74, 6) is 3.77. The molecule has 0 amide bonds. The summed E-state index contributed by atoms with van der Waals surface area (Å²) in [6.07, 6.45) is 4.82. The summed E-state index contributed by atoms with van der Waals surface area (Å²) in [7, 11) is 1.68. The molecule has 0 spiro atoms. The number of hydrogen-bond donors (Lipinski definition) is 1. The van der Waals surface area contributed by atoms with Crippen LogP contribution in [0.2, 0.25) is 0 Å². The molecule has 1 atom stereocenters. The summed E-state index contributed by atoms with van der Waals surface area (Å²) in [6.45, 7) is 6.41. The van der Waals surface area contributed by atoms with E-state index in [0.717, 1.165) is 36.9 Å². The molecule has 1 aromatic carbocycles. The Kier molecular flexibility index (Phi) is 8.58. The first-order valence-electron chi connectivity index (χ1n) is 10.2. The highest BCUT2D eigenvalue weighted by atomic mass is 32.2. The van der Waals surface area contributed by atoms with E-state index in [0.29, 0.717) is 18.9 Å².